The minimum absolute atomic E-state index is 0.448. The summed E-state index contributed by atoms with van der Waals surface area (Å²) in [5.74, 6) is 1.09. The molecule has 0 atom stereocenters. The van der Waals surface area contributed by atoms with Crippen LogP contribution < -0.4 is 5.32 Å². The number of halogens is 1. The molecule has 17 heavy (non-hydrogen) atoms. The molecular weight excluding hydrogens is 238 g/mol. The van der Waals surface area contributed by atoms with Crippen LogP contribution in [0.25, 0.3) is 11.4 Å². The van der Waals surface area contributed by atoms with Crippen molar-refractivity contribution in [3.8, 4) is 11.4 Å². The third-order valence-electron chi connectivity index (χ3n) is 2.19. The Labute approximate surface area is 105 Å². The predicted molar refractivity (Wildman–Crippen MR) is 68.1 cm³/mol. The van der Waals surface area contributed by atoms with Gasteiger partial charge in [0.05, 0.1) is 0 Å². The minimum atomic E-state index is 0.448. The molecule has 2 rings (SSSR count). The van der Waals surface area contributed by atoms with E-state index in [1.807, 2.05) is 12.1 Å². The van der Waals surface area contributed by atoms with Gasteiger partial charge < -0.3 is 9.84 Å². The lowest BCUT2D eigenvalue weighted by atomic mass is 10.2. The van der Waals surface area contributed by atoms with Gasteiger partial charge in [-0.15, -0.1) is 0 Å². The molecule has 1 heterocycles. The van der Waals surface area contributed by atoms with E-state index in [4.69, 9.17) is 16.1 Å². The fourth-order valence-corrected chi connectivity index (χ4v) is 1.43. The minimum Gasteiger partial charge on any atom is -0.337 e. The lowest BCUT2D eigenvalue weighted by molar-refractivity contribution is 0.430. The fourth-order valence-electron chi connectivity index (χ4n) is 1.30. The van der Waals surface area contributed by atoms with Gasteiger partial charge in [0, 0.05) is 17.1 Å². The Bertz CT molecular complexity index is 479. The topological polar surface area (TPSA) is 51.0 Å². The summed E-state index contributed by atoms with van der Waals surface area (Å²) in [5, 5.41) is 7.67. The van der Waals surface area contributed by atoms with Crippen molar-refractivity contribution in [2.24, 2.45) is 5.92 Å². The first kappa shape index (κ1) is 11.9. The molecule has 1 aromatic heterocycles. The van der Waals surface area contributed by atoms with E-state index in [0.29, 0.717) is 22.8 Å². The van der Waals surface area contributed by atoms with E-state index in [9.17, 15) is 0 Å². The molecule has 0 saturated heterocycles. The van der Waals surface area contributed by atoms with Crippen LogP contribution in [0.5, 0.6) is 0 Å². The first-order valence-corrected chi connectivity index (χ1v) is 5.86. The summed E-state index contributed by atoms with van der Waals surface area (Å²) in [6.45, 7) is 5.04. The van der Waals surface area contributed by atoms with Gasteiger partial charge >= 0.3 is 6.01 Å². The number of anilines is 1. The highest BCUT2D eigenvalue weighted by Crippen LogP contribution is 2.19. The molecule has 1 aromatic carbocycles. The van der Waals surface area contributed by atoms with Crippen molar-refractivity contribution < 1.29 is 4.52 Å². The van der Waals surface area contributed by atoms with Crippen molar-refractivity contribution in [1.29, 1.82) is 0 Å². The van der Waals surface area contributed by atoms with Crippen LogP contribution in [0.4, 0.5) is 6.01 Å². The number of rotatable bonds is 4. The van der Waals surface area contributed by atoms with Crippen molar-refractivity contribution in [1.82, 2.24) is 10.1 Å². The highest BCUT2D eigenvalue weighted by Gasteiger charge is 2.08. The molecule has 5 heteroatoms. The number of hydrogen-bond acceptors (Lipinski definition) is 4. The maximum atomic E-state index is 5.81. The summed E-state index contributed by atoms with van der Waals surface area (Å²) < 4.78 is 5.09. The zero-order valence-electron chi connectivity index (χ0n) is 9.77. The molecule has 1 N–H and O–H groups in total. The zero-order chi connectivity index (χ0) is 12.3. The Morgan fingerprint density at radius 2 is 2.00 bits per heavy atom. The average Bonchev–Trinajstić information content (AvgIpc) is 2.76. The largest absolute Gasteiger partial charge is 0.337 e. The van der Waals surface area contributed by atoms with Crippen LogP contribution in [0.1, 0.15) is 13.8 Å². The van der Waals surface area contributed by atoms with Crippen molar-refractivity contribution in [2.75, 3.05) is 11.9 Å². The molecular formula is C12H14ClN3O. The van der Waals surface area contributed by atoms with E-state index in [0.717, 1.165) is 12.1 Å². The Morgan fingerprint density at radius 1 is 1.29 bits per heavy atom. The van der Waals surface area contributed by atoms with Crippen molar-refractivity contribution in [3.63, 3.8) is 0 Å². The second kappa shape index (κ2) is 5.19. The van der Waals surface area contributed by atoms with E-state index < -0.39 is 0 Å². The van der Waals surface area contributed by atoms with Gasteiger partial charge in [-0.3, -0.25) is 0 Å². The SMILES string of the molecule is CC(C)CNc1nc(-c2ccc(Cl)cc2)no1. The third-order valence-corrected chi connectivity index (χ3v) is 2.44. The highest BCUT2D eigenvalue weighted by molar-refractivity contribution is 6.30. The van der Waals surface area contributed by atoms with E-state index in [2.05, 4.69) is 29.3 Å². The molecule has 0 aliphatic carbocycles. The van der Waals surface area contributed by atoms with Crippen LogP contribution in [0.15, 0.2) is 28.8 Å². The molecule has 0 aliphatic rings. The lowest BCUT2D eigenvalue weighted by Gasteiger charge is -2.02. The van der Waals surface area contributed by atoms with E-state index in [1.54, 1.807) is 12.1 Å². The second-order valence-electron chi connectivity index (χ2n) is 4.20. The molecule has 90 valence electrons. The van der Waals surface area contributed by atoms with Gasteiger partial charge in [-0.05, 0) is 30.2 Å². The van der Waals surface area contributed by atoms with Gasteiger partial charge in [-0.25, -0.2) is 0 Å². The maximum absolute atomic E-state index is 5.81. The smallest absolute Gasteiger partial charge is 0.321 e. The van der Waals surface area contributed by atoms with Gasteiger partial charge in [0.15, 0.2) is 0 Å². The van der Waals surface area contributed by atoms with Crippen molar-refractivity contribution >= 4 is 17.6 Å². The van der Waals surface area contributed by atoms with Crippen LogP contribution in [-0.4, -0.2) is 16.7 Å². The molecule has 4 nitrogen and oxygen atoms in total. The maximum Gasteiger partial charge on any atom is 0.321 e. The molecule has 0 aliphatic heterocycles. The lowest BCUT2D eigenvalue weighted by Crippen LogP contribution is -2.07. The Balaban J connectivity index is 2.10. The predicted octanol–water partition coefficient (Wildman–Crippen LogP) is 3.46. The normalized spacial score (nSPS) is 10.8. The Kier molecular flexibility index (Phi) is 3.64. The molecule has 2 aromatic rings. The van der Waals surface area contributed by atoms with Crippen LogP contribution >= 0.6 is 11.6 Å². The number of aromatic nitrogens is 2. The van der Waals surface area contributed by atoms with Gasteiger partial charge in [-0.2, -0.15) is 4.98 Å². The number of benzene rings is 1. The summed E-state index contributed by atoms with van der Waals surface area (Å²) in [7, 11) is 0. The summed E-state index contributed by atoms with van der Waals surface area (Å²) in [4.78, 5) is 4.25. The third kappa shape index (κ3) is 3.20. The summed E-state index contributed by atoms with van der Waals surface area (Å²) in [6, 6.07) is 7.77. The Hall–Kier alpha value is -1.55. The number of hydrogen-bond donors (Lipinski definition) is 1. The zero-order valence-corrected chi connectivity index (χ0v) is 10.5. The first-order chi connectivity index (χ1) is 8.15. The van der Waals surface area contributed by atoms with E-state index >= 15 is 0 Å². The highest BCUT2D eigenvalue weighted by atomic mass is 35.5. The van der Waals surface area contributed by atoms with Crippen LogP contribution in [0.2, 0.25) is 5.02 Å². The number of nitrogens with zero attached hydrogens (tertiary/aromatic N) is 2. The fraction of sp³-hybridized carbons (Fsp3) is 0.333. The van der Waals surface area contributed by atoms with E-state index in [-0.39, 0.29) is 0 Å². The van der Waals surface area contributed by atoms with Gasteiger partial charge in [0.1, 0.15) is 0 Å². The van der Waals surface area contributed by atoms with Gasteiger partial charge in [-0.1, -0.05) is 30.6 Å². The summed E-state index contributed by atoms with van der Waals surface area (Å²) in [5.41, 5.74) is 0.885. The molecule has 0 unspecified atom stereocenters. The van der Waals surface area contributed by atoms with Crippen LogP contribution in [0.3, 0.4) is 0 Å². The quantitative estimate of drug-likeness (QED) is 0.904. The van der Waals surface area contributed by atoms with E-state index in [1.165, 1.54) is 0 Å². The summed E-state index contributed by atoms with van der Waals surface area (Å²) in [6.07, 6.45) is 0. The van der Waals surface area contributed by atoms with Gasteiger partial charge in [0.2, 0.25) is 5.82 Å². The van der Waals surface area contributed by atoms with Gasteiger partial charge in [0.25, 0.3) is 0 Å². The first-order valence-electron chi connectivity index (χ1n) is 5.48. The molecule has 0 radical (unpaired) electrons. The van der Waals surface area contributed by atoms with Crippen molar-refractivity contribution in [3.05, 3.63) is 29.3 Å². The average molecular weight is 252 g/mol. The molecule has 0 saturated carbocycles. The monoisotopic (exact) mass is 251 g/mol. The summed E-state index contributed by atoms with van der Waals surface area (Å²) >= 11 is 5.81. The molecule has 0 fully saturated rings. The number of nitrogens with one attached hydrogen (secondary N) is 1. The second-order valence-corrected chi connectivity index (χ2v) is 4.64. The molecule has 0 bridgehead atoms. The molecule has 0 amide bonds. The van der Waals surface area contributed by atoms with Crippen molar-refractivity contribution in [2.45, 2.75) is 13.8 Å². The van der Waals surface area contributed by atoms with Crippen LogP contribution in [-0.2, 0) is 0 Å². The Morgan fingerprint density at radius 3 is 2.65 bits per heavy atom. The molecule has 0 spiro atoms. The van der Waals surface area contributed by atoms with Crippen LogP contribution in [0, 0.1) is 5.92 Å². The standard InChI is InChI=1S/C12H14ClN3O/c1-8(2)7-14-12-15-11(16-17-12)9-3-5-10(13)6-4-9/h3-6,8H,7H2,1-2H3,(H,14,15,16).